The van der Waals surface area contributed by atoms with Crippen LogP contribution in [0.2, 0.25) is 0 Å². The van der Waals surface area contributed by atoms with Crippen molar-refractivity contribution in [2.75, 3.05) is 38.0 Å². The molecule has 31 heavy (non-hydrogen) atoms. The lowest BCUT2D eigenvalue weighted by atomic mass is 10.1. The monoisotopic (exact) mass is 431 g/mol. The van der Waals surface area contributed by atoms with Crippen molar-refractivity contribution in [1.82, 2.24) is 9.80 Å². The lowest BCUT2D eigenvalue weighted by molar-refractivity contribution is 0.0650. The van der Waals surface area contributed by atoms with Crippen molar-refractivity contribution >= 4 is 34.9 Å². The fourth-order valence-electron chi connectivity index (χ4n) is 3.51. The summed E-state index contributed by atoms with van der Waals surface area (Å²) in [5.74, 6) is -0.0953. The molecule has 1 aliphatic heterocycles. The summed E-state index contributed by atoms with van der Waals surface area (Å²) < 4.78 is 0. The summed E-state index contributed by atoms with van der Waals surface area (Å²) in [5, 5.41) is 4.73. The summed E-state index contributed by atoms with van der Waals surface area (Å²) >= 11 is 1.40. The van der Waals surface area contributed by atoms with Crippen molar-refractivity contribution in [2.45, 2.75) is 0 Å². The van der Waals surface area contributed by atoms with E-state index in [1.165, 1.54) is 16.9 Å². The van der Waals surface area contributed by atoms with E-state index < -0.39 is 0 Å². The van der Waals surface area contributed by atoms with E-state index in [2.05, 4.69) is 34.5 Å². The fourth-order valence-corrected chi connectivity index (χ4v) is 4.13. The molecule has 1 aliphatic rings. The molecular formula is C25H25N3O2S. The number of carbonyl (C=O) groups is 2. The molecule has 0 aliphatic carbocycles. The van der Waals surface area contributed by atoms with Crippen molar-refractivity contribution in [3.05, 3.63) is 94.2 Å². The number of piperazine rings is 1. The van der Waals surface area contributed by atoms with Gasteiger partial charge in [0.1, 0.15) is 0 Å². The average molecular weight is 432 g/mol. The fraction of sp³-hybridized carbons (Fsp3) is 0.200. The van der Waals surface area contributed by atoms with Gasteiger partial charge in [0.25, 0.3) is 11.8 Å². The van der Waals surface area contributed by atoms with Gasteiger partial charge in [-0.2, -0.15) is 0 Å². The minimum atomic E-state index is -0.133. The maximum atomic E-state index is 12.8. The van der Waals surface area contributed by atoms with Gasteiger partial charge in [-0.3, -0.25) is 14.5 Å². The number of rotatable bonds is 6. The molecule has 0 atom stereocenters. The zero-order valence-corrected chi connectivity index (χ0v) is 18.1. The molecule has 0 bridgehead atoms. The predicted molar refractivity (Wildman–Crippen MR) is 127 cm³/mol. The molecule has 6 heteroatoms. The molecule has 3 aromatic rings. The molecule has 2 heterocycles. The minimum absolute atomic E-state index is 0.0376. The molecule has 0 spiro atoms. The molecule has 5 nitrogen and oxygen atoms in total. The zero-order valence-electron chi connectivity index (χ0n) is 17.2. The third-order valence-corrected chi connectivity index (χ3v) is 6.14. The average Bonchev–Trinajstić information content (AvgIpc) is 3.36. The molecule has 1 fully saturated rings. The summed E-state index contributed by atoms with van der Waals surface area (Å²) in [5.41, 5.74) is 2.53. The second-order valence-corrected chi connectivity index (χ2v) is 8.36. The molecule has 4 rings (SSSR count). The van der Waals surface area contributed by atoms with E-state index in [9.17, 15) is 9.59 Å². The maximum absolute atomic E-state index is 12.8. The number of hydrogen-bond acceptors (Lipinski definition) is 4. The smallest absolute Gasteiger partial charge is 0.265 e. The van der Waals surface area contributed by atoms with Crippen LogP contribution in [0.5, 0.6) is 0 Å². The van der Waals surface area contributed by atoms with Gasteiger partial charge in [-0.1, -0.05) is 48.6 Å². The van der Waals surface area contributed by atoms with Crippen LogP contribution in [0.1, 0.15) is 25.6 Å². The van der Waals surface area contributed by atoms with Gasteiger partial charge in [0.15, 0.2) is 0 Å². The molecule has 0 radical (unpaired) electrons. The second-order valence-electron chi connectivity index (χ2n) is 7.41. The normalized spacial score (nSPS) is 14.6. The van der Waals surface area contributed by atoms with Crippen LogP contribution in [0.15, 0.2) is 78.2 Å². The van der Waals surface area contributed by atoms with Crippen LogP contribution in [0.3, 0.4) is 0 Å². The molecule has 0 unspecified atom stereocenters. The third-order valence-electron chi connectivity index (χ3n) is 5.27. The number of amides is 2. The molecule has 1 aromatic heterocycles. The largest absolute Gasteiger partial charge is 0.336 e. The van der Waals surface area contributed by atoms with E-state index in [4.69, 9.17) is 0 Å². The van der Waals surface area contributed by atoms with Gasteiger partial charge in [-0.15, -0.1) is 11.3 Å². The van der Waals surface area contributed by atoms with E-state index in [-0.39, 0.29) is 11.8 Å². The first-order valence-electron chi connectivity index (χ1n) is 10.4. The van der Waals surface area contributed by atoms with Crippen LogP contribution >= 0.6 is 11.3 Å². The molecular weight excluding hydrogens is 406 g/mol. The van der Waals surface area contributed by atoms with Crippen LogP contribution < -0.4 is 5.32 Å². The Balaban J connectivity index is 1.25. The highest BCUT2D eigenvalue weighted by Gasteiger charge is 2.21. The highest BCUT2D eigenvalue weighted by molar-refractivity contribution is 7.12. The molecule has 1 saturated heterocycles. The molecule has 0 saturated carbocycles. The third kappa shape index (κ3) is 5.69. The number of benzene rings is 2. The van der Waals surface area contributed by atoms with Crippen LogP contribution in [-0.4, -0.2) is 54.3 Å². The van der Waals surface area contributed by atoms with Gasteiger partial charge in [0.2, 0.25) is 0 Å². The van der Waals surface area contributed by atoms with Crippen molar-refractivity contribution in [2.24, 2.45) is 0 Å². The number of nitrogens with one attached hydrogen (secondary N) is 1. The van der Waals surface area contributed by atoms with Crippen LogP contribution in [0, 0.1) is 0 Å². The Hall–Kier alpha value is -3.22. The molecule has 2 amide bonds. The summed E-state index contributed by atoms with van der Waals surface area (Å²) in [6.45, 7) is 4.04. The van der Waals surface area contributed by atoms with Crippen LogP contribution in [0.4, 0.5) is 5.69 Å². The number of hydrogen-bond donors (Lipinski definition) is 1. The van der Waals surface area contributed by atoms with E-state index in [1.54, 1.807) is 30.3 Å². The summed E-state index contributed by atoms with van der Waals surface area (Å²) in [7, 11) is 0. The zero-order chi connectivity index (χ0) is 21.5. The Morgan fingerprint density at radius 3 is 2.32 bits per heavy atom. The van der Waals surface area contributed by atoms with Gasteiger partial charge in [0.05, 0.1) is 4.88 Å². The summed E-state index contributed by atoms with van der Waals surface area (Å²) in [6, 6.07) is 21.0. The Labute approximate surface area is 186 Å². The number of carbonyl (C=O) groups excluding carboxylic acids is 2. The van der Waals surface area contributed by atoms with Gasteiger partial charge in [-0.25, -0.2) is 0 Å². The minimum Gasteiger partial charge on any atom is -0.336 e. The van der Waals surface area contributed by atoms with E-state index in [0.717, 1.165) is 32.7 Å². The SMILES string of the molecule is O=C(Nc1ccc(C(=O)N2CCN(CC=Cc3ccccc3)CC2)cc1)c1cccs1. The number of nitrogens with zero attached hydrogens (tertiary/aromatic N) is 2. The Morgan fingerprint density at radius 2 is 1.65 bits per heavy atom. The van der Waals surface area contributed by atoms with Gasteiger partial charge < -0.3 is 10.2 Å². The van der Waals surface area contributed by atoms with Crippen molar-refractivity contribution < 1.29 is 9.59 Å². The van der Waals surface area contributed by atoms with E-state index >= 15 is 0 Å². The predicted octanol–water partition coefficient (Wildman–Crippen LogP) is 4.47. The Bertz CT molecular complexity index is 1020. The molecule has 158 valence electrons. The number of thiophene rings is 1. The van der Waals surface area contributed by atoms with Gasteiger partial charge in [-0.05, 0) is 41.3 Å². The highest BCUT2D eigenvalue weighted by Crippen LogP contribution is 2.16. The van der Waals surface area contributed by atoms with E-state index in [1.807, 2.05) is 34.5 Å². The first-order valence-corrected chi connectivity index (χ1v) is 11.3. The first-order chi connectivity index (χ1) is 15.2. The van der Waals surface area contributed by atoms with Crippen molar-refractivity contribution in [1.29, 1.82) is 0 Å². The first kappa shape index (κ1) is 21.0. The van der Waals surface area contributed by atoms with Gasteiger partial charge in [0, 0.05) is 44.0 Å². The van der Waals surface area contributed by atoms with Gasteiger partial charge >= 0.3 is 0 Å². The van der Waals surface area contributed by atoms with Crippen LogP contribution in [0.25, 0.3) is 6.08 Å². The number of anilines is 1. The van der Waals surface area contributed by atoms with Crippen molar-refractivity contribution in [3.63, 3.8) is 0 Å². The Kier molecular flexibility index (Phi) is 6.92. The lowest BCUT2D eigenvalue weighted by Gasteiger charge is -2.34. The highest BCUT2D eigenvalue weighted by atomic mass is 32.1. The Morgan fingerprint density at radius 1 is 0.903 bits per heavy atom. The van der Waals surface area contributed by atoms with Crippen molar-refractivity contribution in [3.8, 4) is 0 Å². The lowest BCUT2D eigenvalue weighted by Crippen LogP contribution is -2.48. The molecule has 2 aromatic carbocycles. The topological polar surface area (TPSA) is 52.7 Å². The quantitative estimate of drug-likeness (QED) is 0.626. The van der Waals surface area contributed by atoms with Crippen LogP contribution in [-0.2, 0) is 0 Å². The standard InChI is InChI=1S/C25H25N3O2S/c29-24(23-9-5-19-31-23)26-22-12-10-21(11-13-22)25(30)28-17-15-27(16-18-28)14-4-8-20-6-2-1-3-7-20/h1-13,19H,14-18H2,(H,26,29). The summed E-state index contributed by atoms with van der Waals surface area (Å²) in [4.78, 5) is 29.9. The maximum Gasteiger partial charge on any atom is 0.265 e. The molecule has 1 N–H and O–H groups in total. The second kappa shape index (κ2) is 10.2. The summed E-state index contributed by atoms with van der Waals surface area (Å²) in [6.07, 6.45) is 4.31. The van der Waals surface area contributed by atoms with E-state index in [0.29, 0.717) is 16.1 Å².